The summed E-state index contributed by atoms with van der Waals surface area (Å²) >= 11 is 0. The molecule has 0 unspecified atom stereocenters. The number of anilines is 3. The van der Waals surface area contributed by atoms with Gasteiger partial charge >= 0.3 is 5.69 Å². The normalized spacial score (nSPS) is 10.1. The van der Waals surface area contributed by atoms with Crippen molar-refractivity contribution in [3.8, 4) is 0 Å². The highest BCUT2D eigenvalue weighted by molar-refractivity contribution is 5.77. The minimum Gasteiger partial charge on any atom is -0.311 e. The molecule has 0 atom stereocenters. The topological polar surface area (TPSA) is 49.0 Å². The molecule has 0 bridgehead atoms. The molecule has 0 aliphatic carbocycles. The van der Waals surface area contributed by atoms with E-state index in [1.165, 1.54) is 17.1 Å². The van der Waals surface area contributed by atoms with Crippen molar-refractivity contribution < 1.29 is 0 Å². The fraction of sp³-hybridized carbons (Fsp3) is 0. The van der Waals surface area contributed by atoms with Crippen molar-refractivity contribution in [1.82, 2.24) is 9.97 Å². The number of para-hydroxylation sites is 4. The first-order valence-electron chi connectivity index (χ1n) is 9.70. The first kappa shape index (κ1) is 19.2. The van der Waals surface area contributed by atoms with E-state index in [-0.39, 0.29) is 5.69 Å². The summed E-state index contributed by atoms with van der Waals surface area (Å²) in [4.78, 5) is 19.2. The number of hydrogen-bond acceptors (Lipinski definition) is 3. The number of rotatable bonds is 3. The van der Waals surface area contributed by atoms with E-state index in [2.05, 4.69) is 87.7 Å². The van der Waals surface area contributed by atoms with Crippen molar-refractivity contribution in [3.05, 3.63) is 132 Å². The van der Waals surface area contributed by atoms with Gasteiger partial charge in [0.1, 0.15) is 0 Å². The monoisotopic (exact) mass is 391 g/mol. The Balaban J connectivity index is 0.000000168. The van der Waals surface area contributed by atoms with Crippen LogP contribution < -0.4 is 10.6 Å². The van der Waals surface area contributed by atoms with Crippen LogP contribution in [0.3, 0.4) is 0 Å². The minimum atomic E-state index is -0.302. The molecule has 0 radical (unpaired) electrons. The molecule has 1 aromatic heterocycles. The number of hydrogen-bond donors (Lipinski definition) is 1. The molecule has 5 rings (SSSR count). The number of fused-ring (bicyclic) bond motifs is 1. The third-order valence-electron chi connectivity index (χ3n) is 4.57. The first-order chi connectivity index (χ1) is 14.8. The lowest BCUT2D eigenvalue weighted by molar-refractivity contribution is 1.12. The molecule has 1 heterocycles. The number of nitrogens with one attached hydrogen (secondary N) is 1. The van der Waals surface area contributed by atoms with Gasteiger partial charge in [-0.3, -0.25) is 0 Å². The summed E-state index contributed by atoms with van der Waals surface area (Å²) in [5.41, 5.74) is 4.02. The van der Waals surface area contributed by atoms with Gasteiger partial charge in [-0.2, -0.15) is 0 Å². The zero-order valence-electron chi connectivity index (χ0n) is 16.3. The van der Waals surface area contributed by atoms with E-state index >= 15 is 0 Å². The van der Waals surface area contributed by atoms with Crippen molar-refractivity contribution >= 4 is 28.0 Å². The van der Waals surface area contributed by atoms with Crippen LogP contribution in [0.25, 0.3) is 10.9 Å². The second-order valence-corrected chi connectivity index (χ2v) is 6.62. The Hall–Kier alpha value is -4.18. The van der Waals surface area contributed by atoms with Crippen LogP contribution in [0.4, 0.5) is 17.1 Å². The highest BCUT2D eigenvalue weighted by atomic mass is 16.1. The predicted molar refractivity (Wildman–Crippen MR) is 123 cm³/mol. The molecule has 146 valence electrons. The molecule has 5 aromatic rings. The van der Waals surface area contributed by atoms with Crippen molar-refractivity contribution in [2.24, 2.45) is 0 Å². The van der Waals surface area contributed by atoms with Gasteiger partial charge in [0.15, 0.2) is 0 Å². The van der Waals surface area contributed by atoms with Gasteiger partial charge < -0.3 is 9.88 Å². The van der Waals surface area contributed by atoms with Crippen molar-refractivity contribution in [3.63, 3.8) is 0 Å². The Bertz CT molecular complexity index is 1160. The molecular weight excluding hydrogens is 370 g/mol. The second-order valence-electron chi connectivity index (χ2n) is 6.62. The van der Waals surface area contributed by atoms with Crippen molar-refractivity contribution in [1.29, 1.82) is 0 Å². The van der Waals surface area contributed by atoms with Crippen molar-refractivity contribution in [2.45, 2.75) is 0 Å². The molecule has 0 aliphatic heterocycles. The van der Waals surface area contributed by atoms with Crippen LogP contribution in [-0.4, -0.2) is 9.97 Å². The van der Waals surface area contributed by atoms with Gasteiger partial charge in [0.05, 0.1) is 5.52 Å². The lowest BCUT2D eigenvalue weighted by Crippen LogP contribution is -2.09. The third-order valence-corrected chi connectivity index (χ3v) is 4.57. The summed E-state index contributed by atoms with van der Waals surface area (Å²) < 4.78 is 0. The van der Waals surface area contributed by atoms with Crippen molar-refractivity contribution in [2.75, 3.05) is 4.90 Å². The summed E-state index contributed by atoms with van der Waals surface area (Å²) in [5, 5.41) is 0.951. The molecule has 0 spiro atoms. The summed E-state index contributed by atoms with van der Waals surface area (Å²) in [6, 6.07) is 38.8. The van der Waals surface area contributed by atoms with Gasteiger partial charge in [-0.1, -0.05) is 72.8 Å². The number of aromatic amines is 1. The number of H-pyrrole nitrogens is 1. The average Bonchev–Trinajstić information content (AvgIpc) is 2.82. The molecule has 0 saturated heterocycles. The van der Waals surface area contributed by atoms with E-state index in [0.717, 1.165) is 10.9 Å². The van der Waals surface area contributed by atoms with Crippen LogP contribution in [0.2, 0.25) is 0 Å². The zero-order valence-corrected chi connectivity index (χ0v) is 16.3. The van der Waals surface area contributed by atoms with Crippen LogP contribution >= 0.6 is 0 Å². The molecule has 1 N–H and O–H groups in total. The van der Waals surface area contributed by atoms with E-state index in [4.69, 9.17) is 0 Å². The fourth-order valence-corrected chi connectivity index (χ4v) is 3.18. The molecule has 0 saturated carbocycles. The number of nitrogens with zero attached hydrogens (tertiary/aromatic N) is 2. The Morgan fingerprint density at radius 3 is 1.50 bits per heavy atom. The first-order valence-corrected chi connectivity index (χ1v) is 9.70. The van der Waals surface area contributed by atoms with Crippen LogP contribution in [0.1, 0.15) is 0 Å². The Morgan fingerprint density at radius 1 is 0.567 bits per heavy atom. The number of benzene rings is 4. The summed E-state index contributed by atoms with van der Waals surface area (Å²) in [5.74, 6) is 0. The van der Waals surface area contributed by atoms with E-state index in [1.807, 2.05) is 42.5 Å². The lowest BCUT2D eigenvalue weighted by atomic mass is 10.2. The van der Waals surface area contributed by atoms with Gasteiger partial charge in [0.2, 0.25) is 0 Å². The Kier molecular flexibility index (Phi) is 5.97. The summed E-state index contributed by atoms with van der Waals surface area (Å²) in [6.45, 7) is 0. The highest BCUT2D eigenvalue weighted by Crippen LogP contribution is 2.33. The lowest BCUT2D eigenvalue weighted by Gasteiger charge is -2.25. The molecule has 4 heteroatoms. The maximum Gasteiger partial charge on any atom is 0.345 e. The van der Waals surface area contributed by atoms with Gasteiger partial charge in [-0.25, -0.2) is 9.78 Å². The maximum atomic E-state index is 10.7. The Labute approximate surface area is 175 Å². The minimum absolute atomic E-state index is 0.302. The SMILES string of the molecule is O=c1ncc2ccccc2[nH]1.c1ccc(N(c2ccccc2)c2ccccc2)cc1. The fourth-order valence-electron chi connectivity index (χ4n) is 3.18. The summed E-state index contributed by atoms with van der Waals surface area (Å²) in [7, 11) is 0. The van der Waals surface area contributed by atoms with Gasteiger partial charge in [-0.05, 0) is 42.5 Å². The molecular formula is C26H21N3O. The quantitative estimate of drug-likeness (QED) is 0.405. The van der Waals surface area contributed by atoms with Gasteiger partial charge in [0.25, 0.3) is 0 Å². The largest absolute Gasteiger partial charge is 0.345 e. The number of aromatic nitrogens is 2. The zero-order chi connectivity index (χ0) is 20.6. The standard InChI is InChI=1S/C18H15N.C8H6N2O/c1-4-10-16(11-5-1)19(17-12-6-2-7-13-17)18-14-8-3-9-15-18;11-8-9-5-6-3-1-2-4-7(6)10-8/h1-15H;1-5H,(H,9,10,11). The van der Waals surface area contributed by atoms with Crippen LogP contribution in [0.15, 0.2) is 126 Å². The van der Waals surface area contributed by atoms with E-state index in [9.17, 15) is 4.79 Å². The molecule has 4 nitrogen and oxygen atoms in total. The van der Waals surface area contributed by atoms with Crippen LogP contribution in [0.5, 0.6) is 0 Å². The average molecular weight is 391 g/mol. The van der Waals surface area contributed by atoms with E-state index in [0.29, 0.717) is 0 Å². The van der Waals surface area contributed by atoms with Gasteiger partial charge in [-0.15, -0.1) is 0 Å². The maximum absolute atomic E-state index is 10.7. The molecule has 0 fully saturated rings. The Morgan fingerprint density at radius 2 is 1.00 bits per heavy atom. The van der Waals surface area contributed by atoms with Crippen LogP contribution in [0, 0.1) is 0 Å². The molecule has 0 amide bonds. The third kappa shape index (κ3) is 4.62. The van der Waals surface area contributed by atoms with Crippen LogP contribution in [-0.2, 0) is 0 Å². The molecule has 30 heavy (non-hydrogen) atoms. The smallest absolute Gasteiger partial charge is 0.311 e. The molecule has 0 aliphatic rings. The highest BCUT2D eigenvalue weighted by Gasteiger charge is 2.10. The van der Waals surface area contributed by atoms with E-state index in [1.54, 1.807) is 6.20 Å². The predicted octanol–water partition coefficient (Wildman–Crippen LogP) is 6.08. The van der Waals surface area contributed by atoms with E-state index < -0.39 is 0 Å². The van der Waals surface area contributed by atoms with Gasteiger partial charge in [0, 0.05) is 28.6 Å². The molecule has 4 aromatic carbocycles. The second kappa shape index (κ2) is 9.34. The summed E-state index contributed by atoms with van der Waals surface area (Å²) in [6.07, 6.45) is 1.56.